The smallest absolute Gasteiger partial charge is 0.224 e. The van der Waals surface area contributed by atoms with E-state index in [4.69, 9.17) is 17.3 Å². The summed E-state index contributed by atoms with van der Waals surface area (Å²) in [5.41, 5.74) is 8.07. The van der Waals surface area contributed by atoms with Crippen molar-refractivity contribution in [2.24, 2.45) is 0 Å². The van der Waals surface area contributed by atoms with Crippen LogP contribution >= 0.6 is 11.6 Å². The van der Waals surface area contributed by atoms with E-state index in [9.17, 15) is 4.39 Å². The molecule has 1 heterocycles. The fraction of sp³-hybridized carbons (Fsp3) is 0.286. The lowest BCUT2D eigenvalue weighted by Gasteiger charge is -2.16. The summed E-state index contributed by atoms with van der Waals surface area (Å²) in [5, 5.41) is 3.36. The van der Waals surface area contributed by atoms with Crippen LogP contribution in [0, 0.1) is 12.7 Å². The zero-order valence-corrected chi connectivity index (χ0v) is 12.1. The van der Waals surface area contributed by atoms with Crippen molar-refractivity contribution in [2.45, 2.75) is 26.3 Å². The molecular formula is C14H16ClFN4. The van der Waals surface area contributed by atoms with Gasteiger partial charge in [0, 0.05) is 6.04 Å². The highest BCUT2D eigenvalue weighted by Gasteiger charge is 2.11. The molecule has 2 rings (SSSR count). The molecule has 0 saturated carbocycles. The zero-order valence-electron chi connectivity index (χ0n) is 11.3. The van der Waals surface area contributed by atoms with E-state index in [1.807, 2.05) is 6.92 Å². The molecule has 1 atom stereocenters. The summed E-state index contributed by atoms with van der Waals surface area (Å²) in [7, 11) is 0. The maximum absolute atomic E-state index is 12.8. The van der Waals surface area contributed by atoms with Crippen molar-refractivity contribution in [3.8, 4) is 0 Å². The average Bonchev–Trinajstić information content (AvgIpc) is 2.38. The quantitative estimate of drug-likeness (QED) is 0.850. The van der Waals surface area contributed by atoms with E-state index >= 15 is 0 Å². The molecule has 0 radical (unpaired) electrons. The van der Waals surface area contributed by atoms with Crippen LogP contribution in [-0.2, 0) is 6.42 Å². The van der Waals surface area contributed by atoms with E-state index in [0.29, 0.717) is 17.2 Å². The van der Waals surface area contributed by atoms with E-state index in [2.05, 4.69) is 15.3 Å². The molecule has 0 saturated heterocycles. The van der Waals surface area contributed by atoms with E-state index in [0.717, 1.165) is 12.0 Å². The molecule has 106 valence electrons. The Bertz CT molecular complexity index is 601. The third-order valence-corrected chi connectivity index (χ3v) is 3.12. The van der Waals surface area contributed by atoms with Gasteiger partial charge in [-0.1, -0.05) is 12.1 Å². The highest BCUT2D eigenvalue weighted by Crippen LogP contribution is 2.21. The number of nitrogens with two attached hydrogens (primary N) is 1. The van der Waals surface area contributed by atoms with E-state index < -0.39 is 0 Å². The second kappa shape index (κ2) is 6.05. The lowest BCUT2D eigenvalue weighted by Crippen LogP contribution is -2.20. The lowest BCUT2D eigenvalue weighted by atomic mass is 10.1. The largest absolute Gasteiger partial charge is 0.394 e. The predicted octanol–water partition coefficient (Wildman–Crippen LogP) is 3.20. The molecule has 20 heavy (non-hydrogen) atoms. The molecule has 4 nitrogen and oxygen atoms in total. The molecule has 3 N–H and O–H groups in total. The van der Waals surface area contributed by atoms with E-state index in [1.54, 1.807) is 19.1 Å². The maximum atomic E-state index is 12.8. The number of hydrogen-bond donors (Lipinski definition) is 2. The first-order valence-electron chi connectivity index (χ1n) is 6.26. The highest BCUT2D eigenvalue weighted by atomic mass is 35.5. The SMILES string of the molecule is Cc1nc(Cl)nc(NC(C)Cc2ccc(F)cc2)c1N. The number of hydrogen-bond acceptors (Lipinski definition) is 4. The molecule has 6 heteroatoms. The van der Waals surface area contributed by atoms with Gasteiger partial charge < -0.3 is 11.1 Å². The molecule has 0 aliphatic heterocycles. The van der Waals surface area contributed by atoms with Gasteiger partial charge >= 0.3 is 0 Å². The van der Waals surface area contributed by atoms with Gasteiger partial charge in [0.1, 0.15) is 5.82 Å². The molecule has 1 aromatic heterocycles. The molecule has 0 aliphatic carbocycles. The van der Waals surface area contributed by atoms with Crippen molar-refractivity contribution in [3.63, 3.8) is 0 Å². The molecule has 0 fully saturated rings. The second-order valence-corrected chi connectivity index (χ2v) is 5.05. The summed E-state index contributed by atoms with van der Waals surface area (Å²) in [6, 6.07) is 6.49. The van der Waals surface area contributed by atoms with Crippen LogP contribution in [0.4, 0.5) is 15.9 Å². The van der Waals surface area contributed by atoms with Crippen molar-refractivity contribution >= 4 is 23.1 Å². The van der Waals surface area contributed by atoms with Gasteiger partial charge in [-0.2, -0.15) is 4.98 Å². The maximum Gasteiger partial charge on any atom is 0.224 e. The van der Waals surface area contributed by atoms with E-state index in [1.165, 1.54) is 12.1 Å². The molecule has 1 unspecified atom stereocenters. The molecule has 0 bridgehead atoms. The van der Waals surface area contributed by atoms with Crippen molar-refractivity contribution in [1.82, 2.24) is 9.97 Å². The predicted molar refractivity (Wildman–Crippen MR) is 79.4 cm³/mol. The average molecular weight is 295 g/mol. The third-order valence-electron chi connectivity index (χ3n) is 2.95. The summed E-state index contributed by atoms with van der Waals surface area (Å²) < 4.78 is 12.8. The molecular weight excluding hydrogens is 279 g/mol. The normalized spacial score (nSPS) is 12.2. The fourth-order valence-electron chi connectivity index (χ4n) is 1.92. The Morgan fingerprint density at radius 1 is 1.30 bits per heavy atom. The Morgan fingerprint density at radius 3 is 2.60 bits per heavy atom. The zero-order chi connectivity index (χ0) is 14.7. The van der Waals surface area contributed by atoms with Crippen LogP contribution in [0.15, 0.2) is 24.3 Å². The molecule has 0 spiro atoms. The molecule has 0 amide bonds. The number of halogens is 2. The Kier molecular flexibility index (Phi) is 4.39. The number of nitrogens with zero attached hydrogens (tertiary/aromatic N) is 2. The first-order valence-corrected chi connectivity index (χ1v) is 6.64. The van der Waals surface area contributed by atoms with Crippen LogP contribution in [0.25, 0.3) is 0 Å². The Balaban J connectivity index is 2.08. The Labute approximate surface area is 122 Å². The van der Waals surface area contributed by atoms with E-state index in [-0.39, 0.29) is 17.1 Å². The van der Waals surface area contributed by atoms with Gasteiger partial charge in [0.15, 0.2) is 5.82 Å². The fourth-order valence-corrected chi connectivity index (χ4v) is 2.13. The van der Waals surface area contributed by atoms with Crippen molar-refractivity contribution in [3.05, 3.63) is 46.6 Å². The summed E-state index contributed by atoms with van der Waals surface area (Å²) in [6.45, 7) is 3.77. The minimum absolute atomic E-state index is 0.0770. The number of aryl methyl sites for hydroxylation is 1. The van der Waals surface area contributed by atoms with Gasteiger partial charge in [-0.15, -0.1) is 0 Å². The van der Waals surface area contributed by atoms with Gasteiger partial charge in [0.05, 0.1) is 11.4 Å². The second-order valence-electron chi connectivity index (χ2n) is 4.72. The van der Waals surface area contributed by atoms with Gasteiger partial charge in [-0.3, -0.25) is 0 Å². The summed E-state index contributed by atoms with van der Waals surface area (Å²) in [5.74, 6) is 0.286. The third kappa shape index (κ3) is 3.57. The summed E-state index contributed by atoms with van der Waals surface area (Å²) in [6.07, 6.45) is 0.723. The van der Waals surface area contributed by atoms with Crippen molar-refractivity contribution in [2.75, 3.05) is 11.1 Å². The minimum atomic E-state index is -0.239. The van der Waals surface area contributed by atoms with Crippen LogP contribution in [0.1, 0.15) is 18.2 Å². The number of benzene rings is 1. The van der Waals surface area contributed by atoms with Crippen LogP contribution in [0.2, 0.25) is 5.28 Å². The first kappa shape index (κ1) is 14.5. The number of nitrogen functional groups attached to an aromatic ring is 1. The highest BCUT2D eigenvalue weighted by molar-refractivity contribution is 6.28. The molecule has 2 aromatic rings. The summed E-state index contributed by atoms with van der Waals surface area (Å²) >= 11 is 5.82. The van der Waals surface area contributed by atoms with Crippen LogP contribution in [-0.4, -0.2) is 16.0 Å². The monoisotopic (exact) mass is 294 g/mol. The minimum Gasteiger partial charge on any atom is -0.394 e. The number of rotatable bonds is 4. The van der Waals surface area contributed by atoms with Crippen LogP contribution < -0.4 is 11.1 Å². The van der Waals surface area contributed by atoms with Gasteiger partial charge in [-0.05, 0) is 49.6 Å². The Hall–Kier alpha value is -1.88. The van der Waals surface area contributed by atoms with Gasteiger partial charge in [0.25, 0.3) is 0 Å². The van der Waals surface area contributed by atoms with Gasteiger partial charge in [-0.25, -0.2) is 9.37 Å². The van der Waals surface area contributed by atoms with Crippen molar-refractivity contribution < 1.29 is 4.39 Å². The number of nitrogens with one attached hydrogen (secondary N) is 1. The van der Waals surface area contributed by atoms with Crippen LogP contribution in [0.3, 0.4) is 0 Å². The van der Waals surface area contributed by atoms with Gasteiger partial charge in [0.2, 0.25) is 5.28 Å². The van der Waals surface area contributed by atoms with Crippen molar-refractivity contribution in [1.29, 1.82) is 0 Å². The molecule has 0 aliphatic rings. The first-order chi connectivity index (χ1) is 9.45. The number of anilines is 2. The summed E-state index contributed by atoms with van der Waals surface area (Å²) in [4.78, 5) is 8.07. The lowest BCUT2D eigenvalue weighted by molar-refractivity contribution is 0.626. The standard InChI is InChI=1S/C14H16ClFN4/c1-8(7-10-3-5-11(16)6-4-10)18-13-12(17)9(2)19-14(15)20-13/h3-6,8H,7,17H2,1-2H3,(H,18,19,20). The number of aromatic nitrogens is 2. The molecule has 1 aromatic carbocycles. The van der Waals surface area contributed by atoms with Crippen LogP contribution in [0.5, 0.6) is 0 Å². The topological polar surface area (TPSA) is 63.8 Å². The Morgan fingerprint density at radius 2 is 1.95 bits per heavy atom.